The predicted molar refractivity (Wildman–Crippen MR) is 74.8 cm³/mol. The van der Waals surface area contributed by atoms with Crippen LogP contribution in [0, 0.1) is 0 Å². The van der Waals surface area contributed by atoms with E-state index < -0.39 is 0 Å². The third-order valence-corrected chi connectivity index (χ3v) is 2.92. The molecule has 1 aromatic heterocycles. The summed E-state index contributed by atoms with van der Waals surface area (Å²) >= 11 is 0. The second-order valence-corrected chi connectivity index (χ2v) is 4.88. The van der Waals surface area contributed by atoms with Gasteiger partial charge in [-0.05, 0) is 26.3 Å². The molecule has 0 saturated carbocycles. The van der Waals surface area contributed by atoms with Gasteiger partial charge in [-0.15, -0.1) is 0 Å². The number of carbonyl (C=O) groups excluding carboxylic acids is 1. The maximum atomic E-state index is 12.2. The van der Waals surface area contributed by atoms with E-state index in [1.165, 1.54) is 0 Å². The number of rotatable bonds is 4. The smallest absolute Gasteiger partial charge is 0.253 e. The van der Waals surface area contributed by atoms with Gasteiger partial charge in [0.2, 0.25) is 0 Å². The molecule has 0 radical (unpaired) electrons. The van der Waals surface area contributed by atoms with E-state index in [1.54, 1.807) is 0 Å². The van der Waals surface area contributed by atoms with Crippen molar-refractivity contribution >= 4 is 16.8 Å². The van der Waals surface area contributed by atoms with Crippen LogP contribution in [0.15, 0.2) is 30.5 Å². The molecule has 0 saturated heterocycles. The molecule has 1 amide bonds. The number of hydrogen-bond acceptors (Lipinski definition) is 1. The second kappa shape index (κ2) is 5.25. The lowest BCUT2D eigenvalue weighted by Crippen LogP contribution is -2.29. The van der Waals surface area contributed by atoms with Crippen LogP contribution in [0.3, 0.4) is 0 Å². The summed E-state index contributed by atoms with van der Waals surface area (Å²) in [4.78, 5) is 12.2. The Labute approximate surface area is 108 Å². The topological polar surface area (TPSA) is 34.0 Å². The van der Waals surface area contributed by atoms with Crippen LogP contribution < -0.4 is 5.32 Å². The number of fused-ring (bicyclic) bond motifs is 1. The lowest BCUT2D eigenvalue weighted by atomic mass is 10.1. The second-order valence-electron chi connectivity index (χ2n) is 4.88. The highest BCUT2D eigenvalue weighted by Crippen LogP contribution is 2.21. The molecule has 18 heavy (non-hydrogen) atoms. The van der Waals surface area contributed by atoms with Crippen molar-refractivity contribution in [3.05, 3.63) is 36.0 Å². The Hall–Kier alpha value is -1.77. The van der Waals surface area contributed by atoms with Gasteiger partial charge in [0.1, 0.15) is 0 Å². The number of hydrogen-bond donors (Lipinski definition) is 1. The third-order valence-electron chi connectivity index (χ3n) is 2.92. The van der Waals surface area contributed by atoms with Gasteiger partial charge < -0.3 is 9.88 Å². The number of aromatic nitrogens is 1. The zero-order valence-corrected chi connectivity index (χ0v) is 11.2. The van der Waals surface area contributed by atoms with Crippen LogP contribution in [-0.4, -0.2) is 16.5 Å². The number of benzene rings is 1. The third kappa shape index (κ3) is 2.40. The van der Waals surface area contributed by atoms with Gasteiger partial charge in [-0.3, -0.25) is 4.79 Å². The SMILES string of the molecule is CCCn1cc(C(=O)NC(C)C)c2ccccc21. The van der Waals surface area contributed by atoms with Gasteiger partial charge in [-0.2, -0.15) is 0 Å². The molecule has 96 valence electrons. The van der Waals surface area contributed by atoms with Crippen LogP contribution in [0.25, 0.3) is 10.9 Å². The van der Waals surface area contributed by atoms with Gasteiger partial charge in [0.15, 0.2) is 0 Å². The predicted octanol–water partition coefficient (Wildman–Crippen LogP) is 3.19. The van der Waals surface area contributed by atoms with Crippen molar-refractivity contribution < 1.29 is 4.79 Å². The first kappa shape index (κ1) is 12.7. The highest BCUT2D eigenvalue weighted by atomic mass is 16.1. The first-order chi connectivity index (χ1) is 8.63. The summed E-state index contributed by atoms with van der Waals surface area (Å²) in [6.07, 6.45) is 3.02. The number of aryl methyl sites for hydroxylation is 1. The zero-order chi connectivity index (χ0) is 13.1. The quantitative estimate of drug-likeness (QED) is 0.880. The number of carbonyl (C=O) groups is 1. The van der Waals surface area contributed by atoms with Crippen LogP contribution >= 0.6 is 0 Å². The summed E-state index contributed by atoms with van der Waals surface area (Å²) in [6, 6.07) is 8.22. The summed E-state index contributed by atoms with van der Waals surface area (Å²) in [5.41, 5.74) is 1.90. The molecule has 1 heterocycles. The summed E-state index contributed by atoms with van der Waals surface area (Å²) in [7, 11) is 0. The van der Waals surface area contributed by atoms with Crippen LogP contribution in [-0.2, 0) is 6.54 Å². The van der Waals surface area contributed by atoms with Crippen molar-refractivity contribution in [2.75, 3.05) is 0 Å². The molecule has 0 unspecified atom stereocenters. The minimum atomic E-state index is 0.0102. The van der Waals surface area contributed by atoms with Gasteiger partial charge >= 0.3 is 0 Å². The maximum Gasteiger partial charge on any atom is 0.253 e. The van der Waals surface area contributed by atoms with Crippen molar-refractivity contribution in [1.29, 1.82) is 0 Å². The molecule has 1 aromatic carbocycles. The molecule has 0 spiro atoms. The summed E-state index contributed by atoms with van der Waals surface area (Å²) in [5, 5.41) is 3.99. The van der Waals surface area contributed by atoms with Crippen LogP contribution in [0.5, 0.6) is 0 Å². The van der Waals surface area contributed by atoms with Crippen LogP contribution in [0.1, 0.15) is 37.6 Å². The van der Waals surface area contributed by atoms with Gasteiger partial charge in [0, 0.05) is 29.7 Å². The fraction of sp³-hybridized carbons (Fsp3) is 0.400. The summed E-state index contributed by atoms with van der Waals surface area (Å²) in [6.45, 7) is 7.03. The molecular formula is C15H20N2O. The Morgan fingerprint density at radius 3 is 2.72 bits per heavy atom. The Morgan fingerprint density at radius 2 is 2.06 bits per heavy atom. The maximum absolute atomic E-state index is 12.2. The van der Waals surface area contributed by atoms with E-state index in [-0.39, 0.29) is 11.9 Å². The van der Waals surface area contributed by atoms with Gasteiger partial charge in [0.25, 0.3) is 5.91 Å². The molecular weight excluding hydrogens is 224 g/mol. The van der Waals surface area contributed by atoms with E-state index in [1.807, 2.05) is 38.2 Å². The van der Waals surface area contributed by atoms with E-state index in [9.17, 15) is 4.79 Å². The molecule has 3 heteroatoms. The average molecular weight is 244 g/mol. The highest BCUT2D eigenvalue weighted by Gasteiger charge is 2.14. The molecule has 0 fully saturated rings. The Kier molecular flexibility index (Phi) is 3.70. The Morgan fingerprint density at radius 1 is 1.33 bits per heavy atom. The molecule has 0 aliphatic heterocycles. The van der Waals surface area contributed by atoms with E-state index >= 15 is 0 Å². The monoisotopic (exact) mass is 244 g/mol. The summed E-state index contributed by atoms with van der Waals surface area (Å²) < 4.78 is 2.16. The molecule has 0 atom stereocenters. The largest absolute Gasteiger partial charge is 0.350 e. The summed E-state index contributed by atoms with van der Waals surface area (Å²) in [5.74, 6) is 0.0102. The van der Waals surface area contributed by atoms with E-state index in [0.29, 0.717) is 0 Å². The van der Waals surface area contributed by atoms with Crippen molar-refractivity contribution in [2.45, 2.75) is 39.8 Å². The van der Waals surface area contributed by atoms with Crippen LogP contribution in [0.4, 0.5) is 0 Å². The minimum absolute atomic E-state index is 0.0102. The molecule has 0 bridgehead atoms. The Balaban J connectivity index is 2.47. The van der Waals surface area contributed by atoms with Gasteiger partial charge in [-0.1, -0.05) is 25.1 Å². The van der Waals surface area contributed by atoms with Crippen molar-refractivity contribution in [3.8, 4) is 0 Å². The number of nitrogens with zero attached hydrogens (tertiary/aromatic N) is 1. The van der Waals surface area contributed by atoms with Crippen molar-refractivity contribution in [1.82, 2.24) is 9.88 Å². The van der Waals surface area contributed by atoms with E-state index in [0.717, 1.165) is 29.4 Å². The Bertz CT molecular complexity index is 555. The fourth-order valence-electron chi connectivity index (χ4n) is 2.19. The zero-order valence-electron chi connectivity index (χ0n) is 11.2. The van der Waals surface area contributed by atoms with Crippen LogP contribution in [0.2, 0.25) is 0 Å². The fourth-order valence-corrected chi connectivity index (χ4v) is 2.19. The number of para-hydroxylation sites is 1. The number of amides is 1. The molecule has 2 aromatic rings. The molecule has 0 aliphatic carbocycles. The lowest BCUT2D eigenvalue weighted by Gasteiger charge is -2.06. The van der Waals surface area contributed by atoms with Gasteiger partial charge in [-0.25, -0.2) is 0 Å². The first-order valence-electron chi connectivity index (χ1n) is 6.52. The standard InChI is InChI=1S/C15H20N2O/c1-4-9-17-10-13(15(18)16-11(2)3)12-7-5-6-8-14(12)17/h5-8,10-11H,4,9H2,1-3H3,(H,16,18). The lowest BCUT2D eigenvalue weighted by molar-refractivity contribution is 0.0944. The van der Waals surface area contributed by atoms with E-state index in [4.69, 9.17) is 0 Å². The molecule has 0 aliphatic rings. The van der Waals surface area contributed by atoms with Crippen molar-refractivity contribution in [2.24, 2.45) is 0 Å². The molecule has 1 N–H and O–H groups in total. The molecule has 2 rings (SSSR count). The van der Waals surface area contributed by atoms with E-state index in [2.05, 4.69) is 22.9 Å². The van der Waals surface area contributed by atoms with Crippen molar-refractivity contribution in [3.63, 3.8) is 0 Å². The molecule has 3 nitrogen and oxygen atoms in total. The number of nitrogens with one attached hydrogen (secondary N) is 1. The highest BCUT2D eigenvalue weighted by molar-refractivity contribution is 6.07. The normalized spacial score (nSPS) is 11.1. The minimum Gasteiger partial charge on any atom is -0.350 e. The first-order valence-corrected chi connectivity index (χ1v) is 6.52. The average Bonchev–Trinajstić information content (AvgIpc) is 2.68. The van der Waals surface area contributed by atoms with Gasteiger partial charge in [0.05, 0.1) is 5.56 Å².